The molecule has 6 fully saturated rings. The number of ether oxygens (including phenoxy) is 2. The van der Waals surface area contributed by atoms with E-state index in [1.807, 2.05) is 6.07 Å². The molecule has 6 aromatic carbocycles. The Kier molecular flexibility index (Phi) is 42.6. The zero-order chi connectivity index (χ0) is 99.5. The first kappa shape index (κ1) is 114. The van der Waals surface area contributed by atoms with Crippen LogP contribution in [0.15, 0.2) is 159 Å². The number of hydrogen-bond donors (Lipinski definition) is 0. The molecule has 0 saturated carbocycles. The number of likely N-dealkylation sites (tertiary alicyclic amines) is 6. The van der Waals surface area contributed by atoms with Gasteiger partial charge in [-0.2, -0.15) is 0 Å². The molecule has 0 unspecified atom stereocenters. The van der Waals surface area contributed by atoms with E-state index in [1.165, 1.54) is 54.6 Å². The molecule has 0 N–H and O–H groups in total. The highest BCUT2D eigenvalue weighted by Crippen LogP contribution is 2.54. The summed E-state index contributed by atoms with van der Waals surface area (Å²) in [6.45, 7) is 106. The summed E-state index contributed by atoms with van der Waals surface area (Å²) in [5.41, 5.74) is 9.02. The van der Waals surface area contributed by atoms with Crippen molar-refractivity contribution in [1.82, 2.24) is 29.4 Å². The van der Waals surface area contributed by atoms with E-state index in [9.17, 15) is 26.3 Å². The summed E-state index contributed by atoms with van der Waals surface area (Å²) in [5.74, 6) is -0.377. The number of nitrogens with zero attached hydrogens (tertiary/aromatic N) is 12. The highest BCUT2D eigenvalue weighted by molar-refractivity contribution is 14.1. The van der Waals surface area contributed by atoms with Crippen LogP contribution >= 0.6 is 70.4 Å². The van der Waals surface area contributed by atoms with Crippen molar-refractivity contribution < 1.29 is 35.8 Å². The first-order chi connectivity index (χ1) is 62.6. The normalized spacial score (nSPS) is 19.0. The molecule has 0 amide bonds. The van der Waals surface area contributed by atoms with E-state index in [0.717, 1.165) is 202 Å². The van der Waals surface area contributed by atoms with Crippen molar-refractivity contribution in [3.63, 3.8) is 0 Å². The fraction of sp³-hybridized carbons (Fsp3) is 0.618. The Hall–Kier alpha value is -6.63. The van der Waals surface area contributed by atoms with Crippen molar-refractivity contribution >= 4 is 70.4 Å². The molecule has 0 atom stereocenters. The minimum absolute atomic E-state index is 0.00644. The molecular formula is C110H150Br3F6IN12O2. The van der Waals surface area contributed by atoms with Gasteiger partial charge in [0, 0.05) is 88.7 Å². The van der Waals surface area contributed by atoms with Gasteiger partial charge < -0.3 is 38.5 Å². The van der Waals surface area contributed by atoms with Crippen LogP contribution in [0.3, 0.4) is 0 Å². The largest absolute Gasteiger partial charge is 0.573 e. The summed E-state index contributed by atoms with van der Waals surface area (Å²) in [6, 6.07) is 46.4. The van der Waals surface area contributed by atoms with E-state index >= 15 is 0 Å². The number of benzene rings is 6. The second-order valence-corrected chi connectivity index (χ2v) is 48.4. The molecule has 12 rings (SSSR count). The van der Waals surface area contributed by atoms with Gasteiger partial charge in [0.2, 0.25) is 39.3 Å². The number of alkyl halides is 6. The molecule has 134 heavy (non-hydrogen) atoms. The van der Waals surface area contributed by atoms with Gasteiger partial charge >= 0.3 is 12.7 Å². The average molecular weight is 2150 g/mol. The third-order valence-corrected chi connectivity index (χ3v) is 34.0. The molecule has 0 aromatic heterocycles. The van der Waals surface area contributed by atoms with Gasteiger partial charge in [0.25, 0.3) is 0 Å². The third-order valence-electron chi connectivity index (χ3n) is 31.1. The molecule has 732 valence electrons. The predicted molar refractivity (Wildman–Crippen MR) is 555 cm³/mol. The van der Waals surface area contributed by atoms with Crippen LogP contribution in [0.1, 0.15) is 235 Å². The Morgan fingerprint density at radius 3 is 0.821 bits per heavy atom. The van der Waals surface area contributed by atoms with Crippen LogP contribution in [0.4, 0.5) is 26.3 Å². The van der Waals surface area contributed by atoms with Crippen LogP contribution in [-0.4, -0.2) is 160 Å². The van der Waals surface area contributed by atoms with Crippen LogP contribution in [0.25, 0.3) is 29.1 Å². The average Bonchev–Trinajstić information content (AvgIpc) is 0.816. The van der Waals surface area contributed by atoms with Gasteiger partial charge in [-0.15, -0.1) is 26.3 Å². The van der Waals surface area contributed by atoms with Gasteiger partial charge in [0.1, 0.15) is 11.5 Å². The molecule has 6 aliphatic rings. The molecule has 0 bridgehead atoms. The quantitative estimate of drug-likeness (QED) is 0.0426. The van der Waals surface area contributed by atoms with Crippen LogP contribution in [-0.2, 0) is 39.3 Å². The second-order valence-electron chi connectivity index (χ2n) is 44.6. The Morgan fingerprint density at radius 2 is 0.537 bits per heavy atom. The maximum Gasteiger partial charge on any atom is 0.573 e. The molecule has 0 aliphatic carbocycles. The lowest BCUT2D eigenvalue weighted by Crippen LogP contribution is -2.48. The third kappa shape index (κ3) is 33.8. The minimum Gasteiger partial charge on any atom is -0.406 e. The molecule has 6 aliphatic heterocycles. The van der Waals surface area contributed by atoms with Crippen molar-refractivity contribution in [3.05, 3.63) is 264 Å². The Bertz CT molecular complexity index is 4780. The summed E-state index contributed by atoms with van der Waals surface area (Å²) >= 11 is 13.1. The number of hydrogen-bond acceptors (Lipinski definition) is 8. The van der Waals surface area contributed by atoms with Crippen molar-refractivity contribution in [2.75, 3.05) is 118 Å². The molecular weight excluding hydrogens is 2000 g/mol. The molecule has 0 radical (unpaired) electrons. The van der Waals surface area contributed by atoms with Crippen LogP contribution in [0, 0.1) is 108 Å². The van der Waals surface area contributed by atoms with Crippen molar-refractivity contribution in [2.45, 2.75) is 254 Å². The lowest BCUT2D eigenvalue weighted by molar-refractivity contribution is -0.275. The maximum absolute atomic E-state index is 12.3. The number of rotatable bonds is 20. The fourth-order valence-corrected chi connectivity index (χ4v) is 21.9. The zero-order valence-corrected chi connectivity index (χ0v) is 90.2. The van der Waals surface area contributed by atoms with E-state index in [0.29, 0.717) is 52.4 Å². The molecule has 14 nitrogen and oxygen atoms in total. The smallest absolute Gasteiger partial charge is 0.406 e. The van der Waals surface area contributed by atoms with Crippen molar-refractivity contribution in [1.29, 1.82) is 0 Å². The van der Waals surface area contributed by atoms with Crippen molar-refractivity contribution in [3.8, 4) is 11.5 Å². The van der Waals surface area contributed by atoms with Gasteiger partial charge in [-0.05, 0) is 305 Å². The molecule has 24 heteroatoms. The van der Waals surface area contributed by atoms with Gasteiger partial charge in [0.05, 0.1) is 0 Å². The highest BCUT2D eigenvalue weighted by Gasteiger charge is 2.53. The Morgan fingerprint density at radius 1 is 0.284 bits per heavy atom. The van der Waals surface area contributed by atoms with E-state index < -0.39 is 12.7 Å². The van der Waals surface area contributed by atoms with Gasteiger partial charge in [-0.25, -0.2) is 39.4 Å². The summed E-state index contributed by atoms with van der Waals surface area (Å²) in [6.07, 6.45) is 3.53. The minimum atomic E-state index is -4.67. The highest BCUT2D eigenvalue weighted by atomic mass is 127. The first-order valence-corrected chi connectivity index (χ1v) is 51.0. The standard InChI is InChI=1S/2C19H25F3N2O.3C18H25BrN2.C18H25IN2/c1-17(2,3)18(14-23-4)9-11-24(12-10-18)13-15-5-7-16(8-6-15)25-19(20,21)22;1-17(2,3)18(14-23-4)8-10-24(11-9-18)13-15-6-5-7-16(12-15)25-19(20,21)22;1-17(2,3)18(14-20-4)9-11-21(12-10-18)13-15-5-7-16(19)8-6-15;1-17(2,3)18(14-20-4)8-10-21(11-9-18)13-15-6-5-7-16(19)12-15;2*1-17(2,3)18(14-20-4)9-11-21(12-10-18)13-15-7-5-6-8-16(15)19/h5-8H,9-14H2,1-3H3;5-7,12H,8-11,13-14H2,1-3H3;5-8H,9-14H2,1-3H3;5-7,12H,8-11,13-14H2,1-3H3;2*5-8H,9-14H2,1-3H3. The van der Waals surface area contributed by atoms with Crippen molar-refractivity contribution in [2.24, 2.45) is 65.0 Å². The Balaban J connectivity index is 0.000000220. The van der Waals surface area contributed by atoms with E-state index in [1.54, 1.807) is 18.2 Å². The lowest BCUT2D eigenvalue weighted by atomic mass is 9.61. The topological polar surface area (TPSA) is 64.1 Å². The number of piperidine rings is 6. The fourth-order valence-electron chi connectivity index (χ4n) is 20.2. The Labute approximate surface area is 841 Å². The summed E-state index contributed by atoms with van der Waals surface area (Å²) in [4.78, 5) is 37.0. The SMILES string of the molecule is [C-]#[N+]CC1(C(C)(C)C)CCN(Cc2ccc(Br)cc2)CC1.[C-]#[N+]CC1(C(C)(C)C)CCN(Cc2ccc(OC(F)(F)F)cc2)CC1.[C-]#[N+]CC1(C(C)(C)C)CCN(Cc2cccc(Br)c2)CC1.[C-]#[N+]CC1(C(C)(C)C)CCN(Cc2cccc(OC(F)(F)F)c2)CC1.[C-]#[N+]CC1(C(C)(C)C)CCN(Cc2ccccc2Br)CC1.[C-]#[N+]CC1(C(C)(C)C)CCN(Cc2ccccc2I)CC1. The molecule has 0 spiro atoms. The zero-order valence-electron chi connectivity index (χ0n) is 83.3. The van der Waals surface area contributed by atoms with Gasteiger partial charge in [-0.3, -0.25) is 29.4 Å². The maximum atomic E-state index is 12.3. The van der Waals surface area contributed by atoms with E-state index in [2.05, 4.69) is 360 Å². The molecule has 6 heterocycles. The summed E-state index contributed by atoms with van der Waals surface area (Å²) < 4.78 is 86.3. The van der Waals surface area contributed by atoms with Crippen LogP contribution in [0.2, 0.25) is 0 Å². The number of halogens is 10. The van der Waals surface area contributed by atoms with E-state index in [4.69, 9.17) is 39.4 Å². The second kappa shape index (κ2) is 50.0. The van der Waals surface area contributed by atoms with Gasteiger partial charge in [0.15, 0.2) is 0 Å². The summed E-state index contributed by atoms with van der Waals surface area (Å²) in [7, 11) is 0. The van der Waals surface area contributed by atoms with Crippen LogP contribution < -0.4 is 9.47 Å². The first-order valence-electron chi connectivity index (χ1n) is 47.6. The van der Waals surface area contributed by atoms with E-state index in [-0.39, 0.29) is 76.5 Å². The predicted octanol–water partition coefficient (Wildman–Crippen LogP) is 30.1. The molecule has 6 aromatic rings. The van der Waals surface area contributed by atoms with Gasteiger partial charge in [-0.1, -0.05) is 257 Å². The monoisotopic (exact) mass is 2150 g/mol. The van der Waals surface area contributed by atoms with Crippen LogP contribution in [0.5, 0.6) is 11.5 Å². The molecule has 6 saturated heterocycles. The lowest BCUT2D eigenvalue weighted by Gasteiger charge is -2.46. The summed E-state index contributed by atoms with van der Waals surface area (Å²) in [5, 5.41) is 0.